The van der Waals surface area contributed by atoms with Crippen LogP contribution in [0.5, 0.6) is 0 Å². The Morgan fingerprint density at radius 3 is 2.71 bits per heavy atom. The second kappa shape index (κ2) is 7.25. The zero-order chi connectivity index (χ0) is 15.4. The van der Waals surface area contributed by atoms with Gasteiger partial charge < -0.3 is 10.2 Å². The maximum atomic E-state index is 13.0. The van der Waals surface area contributed by atoms with Crippen molar-refractivity contribution in [1.29, 1.82) is 0 Å². The summed E-state index contributed by atoms with van der Waals surface area (Å²) in [4.78, 5) is 19.4. The van der Waals surface area contributed by atoms with E-state index in [1.807, 2.05) is 6.07 Å². The third-order valence-electron chi connectivity index (χ3n) is 3.91. The molecule has 21 heavy (non-hydrogen) atoms. The molecule has 1 heterocycles. The molecule has 1 aromatic heterocycles. The molecule has 4 nitrogen and oxygen atoms in total. The fourth-order valence-corrected chi connectivity index (χ4v) is 3.29. The van der Waals surface area contributed by atoms with E-state index in [0.29, 0.717) is 23.3 Å². The molecule has 0 saturated heterocycles. The molecule has 0 radical (unpaired) electrons. The summed E-state index contributed by atoms with van der Waals surface area (Å²) >= 11 is 3.42. The summed E-state index contributed by atoms with van der Waals surface area (Å²) in [6, 6.07) is 2.24. The number of aromatic nitrogens is 1. The zero-order valence-corrected chi connectivity index (χ0v) is 14.6. The van der Waals surface area contributed by atoms with Crippen molar-refractivity contribution in [1.82, 2.24) is 9.88 Å². The quantitative estimate of drug-likeness (QED) is 0.872. The summed E-state index contributed by atoms with van der Waals surface area (Å²) in [5, 5.41) is 3.02. The highest BCUT2D eigenvalue weighted by Crippen LogP contribution is 2.28. The van der Waals surface area contributed by atoms with Crippen LogP contribution < -0.4 is 5.32 Å². The van der Waals surface area contributed by atoms with Crippen LogP contribution in [-0.4, -0.2) is 35.4 Å². The molecule has 1 saturated carbocycles. The Balaban J connectivity index is 2.30. The van der Waals surface area contributed by atoms with Gasteiger partial charge in [-0.2, -0.15) is 0 Å². The largest absolute Gasteiger partial charge is 0.372 e. The van der Waals surface area contributed by atoms with Crippen LogP contribution in [0.15, 0.2) is 16.7 Å². The van der Waals surface area contributed by atoms with Crippen molar-refractivity contribution in [2.24, 2.45) is 5.92 Å². The Labute approximate surface area is 135 Å². The van der Waals surface area contributed by atoms with Crippen molar-refractivity contribution in [3.05, 3.63) is 22.3 Å². The Hall–Kier alpha value is -1.10. The lowest BCUT2D eigenvalue weighted by atomic mass is 10.1. The van der Waals surface area contributed by atoms with Crippen LogP contribution in [0.1, 0.15) is 49.9 Å². The Kier molecular flexibility index (Phi) is 5.62. The lowest BCUT2D eigenvalue weighted by molar-refractivity contribution is 0.0656. The van der Waals surface area contributed by atoms with Gasteiger partial charge in [-0.05, 0) is 40.8 Å². The molecule has 1 fully saturated rings. The van der Waals surface area contributed by atoms with Crippen LogP contribution in [0.4, 0.5) is 5.82 Å². The van der Waals surface area contributed by atoms with Crippen molar-refractivity contribution in [3.63, 3.8) is 0 Å². The van der Waals surface area contributed by atoms with Crippen molar-refractivity contribution in [2.75, 3.05) is 18.9 Å². The molecule has 5 heteroatoms. The number of nitrogens with one attached hydrogen (secondary N) is 1. The van der Waals surface area contributed by atoms with Gasteiger partial charge in [0.25, 0.3) is 5.91 Å². The average molecular weight is 354 g/mol. The smallest absolute Gasteiger partial charge is 0.257 e. The number of anilines is 1. The van der Waals surface area contributed by atoms with Gasteiger partial charge in [0.15, 0.2) is 0 Å². The van der Waals surface area contributed by atoms with Gasteiger partial charge in [-0.15, -0.1) is 0 Å². The lowest BCUT2D eigenvalue weighted by Crippen LogP contribution is -2.41. The van der Waals surface area contributed by atoms with Crippen LogP contribution >= 0.6 is 15.9 Å². The van der Waals surface area contributed by atoms with Crippen molar-refractivity contribution in [3.8, 4) is 0 Å². The molecule has 0 atom stereocenters. The molecule has 2 rings (SSSR count). The van der Waals surface area contributed by atoms with Gasteiger partial charge in [0.05, 0.1) is 5.56 Å². The molecular weight excluding hydrogens is 330 g/mol. The molecule has 0 unspecified atom stereocenters. The lowest BCUT2D eigenvalue weighted by Gasteiger charge is -2.31. The Bertz CT molecular complexity index is 498. The van der Waals surface area contributed by atoms with E-state index >= 15 is 0 Å². The fourth-order valence-electron chi connectivity index (χ4n) is 2.96. The van der Waals surface area contributed by atoms with Gasteiger partial charge >= 0.3 is 0 Å². The van der Waals surface area contributed by atoms with Crippen LogP contribution in [0.25, 0.3) is 0 Å². The first-order valence-corrected chi connectivity index (χ1v) is 8.46. The number of hydrogen-bond donors (Lipinski definition) is 1. The number of nitrogens with zero attached hydrogens (tertiary/aromatic N) is 2. The molecular formula is C16H24BrN3O. The normalized spacial score (nSPS) is 15.5. The molecule has 0 spiro atoms. The first-order valence-electron chi connectivity index (χ1n) is 7.67. The first-order chi connectivity index (χ1) is 10.0. The summed E-state index contributed by atoms with van der Waals surface area (Å²) in [6.07, 6.45) is 6.40. The highest BCUT2D eigenvalue weighted by molar-refractivity contribution is 9.10. The minimum Gasteiger partial charge on any atom is -0.372 e. The summed E-state index contributed by atoms with van der Waals surface area (Å²) in [6.45, 7) is 5.12. The van der Waals surface area contributed by atoms with E-state index in [1.54, 1.807) is 13.2 Å². The van der Waals surface area contributed by atoms with Crippen LogP contribution in [0.2, 0.25) is 0 Å². The number of rotatable bonds is 5. The molecule has 1 aliphatic rings. The number of carbonyl (C=O) groups excluding carboxylic acids is 1. The molecule has 1 aromatic rings. The van der Waals surface area contributed by atoms with Crippen molar-refractivity contribution < 1.29 is 4.79 Å². The van der Waals surface area contributed by atoms with Gasteiger partial charge in [0.1, 0.15) is 5.82 Å². The van der Waals surface area contributed by atoms with E-state index in [2.05, 4.69) is 45.0 Å². The predicted octanol–water partition coefficient (Wildman–Crippen LogP) is 3.93. The molecule has 0 bridgehead atoms. The van der Waals surface area contributed by atoms with Crippen molar-refractivity contribution in [2.45, 2.75) is 45.6 Å². The molecule has 116 valence electrons. The number of pyridine rings is 1. The third kappa shape index (κ3) is 3.96. The number of carbonyl (C=O) groups is 1. The maximum Gasteiger partial charge on any atom is 0.257 e. The molecule has 0 aliphatic heterocycles. The predicted molar refractivity (Wildman–Crippen MR) is 89.6 cm³/mol. The maximum absolute atomic E-state index is 13.0. The Morgan fingerprint density at radius 1 is 1.48 bits per heavy atom. The highest BCUT2D eigenvalue weighted by atomic mass is 79.9. The second-order valence-corrected chi connectivity index (χ2v) is 7.01. The van der Waals surface area contributed by atoms with Gasteiger partial charge in [-0.1, -0.05) is 26.7 Å². The minimum atomic E-state index is 0.0914. The Morgan fingerprint density at radius 2 is 2.14 bits per heavy atom. The van der Waals surface area contributed by atoms with E-state index < -0.39 is 0 Å². The number of amides is 1. The standard InChI is InChI=1S/C16H24BrN3O/c1-11(2)10-20(13-6-4-5-7-13)16(21)14-8-12(17)9-19-15(14)18-3/h8-9,11,13H,4-7,10H2,1-3H3,(H,18,19). The summed E-state index contributed by atoms with van der Waals surface area (Å²) in [7, 11) is 1.80. The van der Waals surface area contributed by atoms with Gasteiger partial charge in [-0.25, -0.2) is 4.98 Å². The van der Waals surface area contributed by atoms with Gasteiger partial charge in [0, 0.05) is 30.3 Å². The summed E-state index contributed by atoms with van der Waals surface area (Å²) < 4.78 is 0.834. The zero-order valence-electron chi connectivity index (χ0n) is 13.0. The van der Waals surface area contributed by atoms with E-state index in [-0.39, 0.29) is 5.91 Å². The number of halogens is 1. The SMILES string of the molecule is CNc1ncc(Br)cc1C(=O)N(CC(C)C)C1CCCC1. The van der Waals surface area contributed by atoms with Crippen LogP contribution in [0, 0.1) is 5.92 Å². The van der Waals surface area contributed by atoms with E-state index in [4.69, 9.17) is 0 Å². The van der Waals surface area contributed by atoms with E-state index in [1.165, 1.54) is 12.8 Å². The van der Waals surface area contributed by atoms with Crippen LogP contribution in [0.3, 0.4) is 0 Å². The third-order valence-corrected chi connectivity index (χ3v) is 4.34. The van der Waals surface area contributed by atoms with E-state index in [0.717, 1.165) is 23.9 Å². The van der Waals surface area contributed by atoms with Gasteiger partial charge in [0.2, 0.25) is 0 Å². The summed E-state index contributed by atoms with van der Waals surface area (Å²) in [5.41, 5.74) is 0.652. The number of hydrogen-bond acceptors (Lipinski definition) is 3. The highest BCUT2D eigenvalue weighted by Gasteiger charge is 2.29. The van der Waals surface area contributed by atoms with E-state index in [9.17, 15) is 4.79 Å². The minimum absolute atomic E-state index is 0.0914. The second-order valence-electron chi connectivity index (χ2n) is 6.09. The summed E-state index contributed by atoms with van der Waals surface area (Å²) in [5.74, 6) is 1.21. The fraction of sp³-hybridized carbons (Fsp3) is 0.625. The van der Waals surface area contributed by atoms with Crippen molar-refractivity contribution >= 4 is 27.7 Å². The topological polar surface area (TPSA) is 45.2 Å². The molecule has 0 aromatic carbocycles. The monoisotopic (exact) mass is 353 g/mol. The molecule has 1 aliphatic carbocycles. The van der Waals surface area contributed by atoms with Gasteiger partial charge in [-0.3, -0.25) is 4.79 Å². The molecule has 1 N–H and O–H groups in total. The first kappa shape index (κ1) is 16.3. The average Bonchev–Trinajstić information content (AvgIpc) is 2.97. The van der Waals surface area contributed by atoms with Crippen LogP contribution in [-0.2, 0) is 0 Å². The molecule has 1 amide bonds.